The molecule has 29 heavy (non-hydrogen) atoms. The zero-order chi connectivity index (χ0) is 21.6. The summed E-state index contributed by atoms with van der Waals surface area (Å²) in [5.74, 6) is 0.0271. The molecule has 1 aromatic rings. The van der Waals surface area contributed by atoms with Crippen molar-refractivity contribution in [2.75, 3.05) is 30.8 Å². The molecule has 1 aliphatic heterocycles. The molecule has 1 heterocycles. The van der Waals surface area contributed by atoms with Crippen LogP contribution in [-0.4, -0.2) is 48.6 Å². The quantitative estimate of drug-likeness (QED) is 0.735. The van der Waals surface area contributed by atoms with Crippen LogP contribution >= 0.6 is 0 Å². The molecule has 8 heteroatoms. The fourth-order valence-corrected chi connectivity index (χ4v) is 3.03. The number of methoxy groups -OCH3 is 1. The summed E-state index contributed by atoms with van der Waals surface area (Å²) < 4.78 is 10.5. The summed E-state index contributed by atoms with van der Waals surface area (Å²) in [5, 5.41) is 5.52. The topological polar surface area (TPSA) is 97.0 Å². The Bertz CT molecular complexity index is 777. The van der Waals surface area contributed by atoms with Crippen molar-refractivity contribution in [1.82, 2.24) is 4.90 Å². The van der Waals surface area contributed by atoms with Crippen molar-refractivity contribution < 1.29 is 23.9 Å². The van der Waals surface area contributed by atoms with Crippen molar-refractivity contribution in [3.8, 4) is 5.75 Å². The van der Waals surface area contributed by atoms with Crippen molar-refractivity contribution in [3.63, 3.8) is 0 Å². The highest BCUT2D eigenvalue weighted by Crippen LogP contribution is 2.29. The molecule has 0 spiro atoms. The number of likely N-dealkylation sites (tertiary alicyclic amines) is 1. The summed E-state index contributed by atoms with van der Waals surface area (Å²) in [5.41, 5.74) is 0.294. The van der Waals surface area contributed by atoms with E-state index in [0.29, 0.717) is 43.1 Å². The third-order valence-corrected chi connectivity index (χ3v) is 4.45. The number of anilines is 2. The maximum Gasteiger partial charge on any atom is 0.412 e. The van der Waals surface area contributed by atoms with Crippen molar-refractivity contribution in [1.29, 1.82) is 0 Å². The second kappa shape index (κ2) is 9.45. The van der Waals surface area contributed by atoms with Gasteiger partial charge >= 0.3 is 6.09 Å². The van der Waals surface area contributed by atoms with E-state index >= 15 is 0 Å². The van der Waals surface area contributed by atoms with Crippen LogP contribution in [0.5, 0.6) is 5.75 Å². The first-order valence-electron chi connectivity index (χ1n) is 9.53. The van der Waals surface area contributed by atoms with Crippen LogP contribution in [0.3, 0.4) is 0 Å². The number of carbonyl (C=O) groups excluding carboxylic acids is 3. The Kier molecular flexibility index (Phi) is 7.25. The number of benzene rings is 1. The molecular formula is C21H29N3O5. The van der Waals surface area contributed by atoms with Gasteiger partial charge in [-0.2, -0.15) is 0 Å². The van der Waals surface area contributed by atoms with E-state index in [4.69, 9.17) is 9.47 Å². The van der Waals surface area contributed by atoms with E-state index in [0.717, 1.165) is 0 Å². The molecule has 0 saturated carbocycles. The Morgan fingerprint density at radius 3 is 2.38 bits per heavy atom. The van der Waals surface area contributed by atoms with Crippen LogP contribution in [-0.2, 0) is 14.3 Å². The number of hydrogen-bond acceptors (Lipinski definition) is 5. The first kappa shape index (κ1) is 22.3. The normalized spacial score (nSPS) is 14.7. The molecule has 0 aliphatic carbocycles. The van der Waals surface area contributed by atoms with E-state index in [1.165, 1.54) is 13.2 Å². The maximum absolute atomic E-state index is 12.6. The van der Waals surface area contributed by atoms with Gasteiger partial charge in [-0.3, -0.25) is 14.9 Å². The largest absolute Gasteiger partial charge is 0.495 e. The SMILES string of the molecule is C=CC(=O)N1CCC(C(=O)Nc2ccc(OC)c(NC(=O)OC(C)(C)C)c2)CC1. The average Bonchev–Trinajstić information content (AvgIpc) is 2.66. The lowest BCUT2D eigenvalue weighted by atomic mass is 9.95. The number of amides is 3. The molecule has 1 saturated heterocycles. The van der Waals surface area contributed by atoms with Crippen molar-refractivity contribution >= 4 is 29.3 Å². The van der Waals surface area contributed by atoms with Crippen molar-refractivity contribution in [2.45, 2.75) is 39.2 Å². The predicted octanol–water partition coefficient (Wildman–Crippen LogP) is 3.41. The van der Waals surface area contributed by atoms with Crippen LogP contribution < -0.4 is 15.4 Å². The van der Waals surface area contributed by atoms with Gasteiger partial charge in [-0.1, -0.05) is 6.58 Å². The molecule has 3 amide bonds. The van der Waals surface area contributed by atoms with Gasteiger partial charge in [0.25, 0.3) is 0 Å². The standard InChI is InChI=1S/C21H29N3O5/c1-6-18(25)24-11-9-14(10-12-24)19(26)22-15-7-8-17(28-5)16(13-15)23-20(27)29-21(2,3)4/h6-8,13-14H,1,9-12H2,2-5H3,(H,22,26)(H,23,27). The summed E-state index contributed by atoms with van der Waals surface area (Å²) in [6, 6.07) is 4.98. The summed E-state index contributed by atoms with van der Waals surface area (Å²) in [6.07, 6.45) is 1.85. The fourth-order valence-electron chi connectivity index (χ4n) is 3.03. The van der Waals surface area contributed by atoms with Gasteiger partial charge in [0.05, 0.1) is 12.8 Å². The van der Waals surface area contributed by atoms with E-state index in [1.807, 2.05) is 0 Å². The number of rotatable bonds is 5. The molecule has 8 nitrogen and oxygen atoms in total. The smallest absolute Gasteiger partial charge is 0.412 e. The third-order valence-electron chi connectivity index (χ3n) is 4.45. The minimum atomic E-state index is -0.634. The second-order valence-electron chi connectivity index (χ2n) is 7.83. The monoisotopic (exact) mass is 403 g/mol. The van der Waals surface area contributed by atoms with Crippen LogP contribution in [0.1, 0.15) is 33.6 Å². The Labute approximate surface area is 171 Å². The highest BCUT2D eigenvalue weighted by molar-refractivity contribution is 5.95. The number of nitrogens with one attached hydrogen (secondary N) is 2. The molecule has 2 N–H and O–H groups in total. The van der Waals surface area contributed by atoms with Gasteiger partial charge < -0.3 is 19.7 Å². The zero-order valence-electron chi connectivity index (χ0n) is 17.4. The molecule has 0 unspecified atom stereocenters. The maximum atomic E-state index is 12.6. The summed E-state index contributed by atoms with van der Waals surface area (Å²) in [4.78, 5) is 38.0. The van der Waals surface area contributed by atoms with Gasteiger partial charge in [0.1, 0.15) is 11.4 Å². The summed E-state index contributed by atoms with van der Waals surface area (Å²) in [6.45, 7) is 9.85. The number of carbonyl (C=O) groups is 3. The molecular weight excluding hydrogens is 374 g/mol. The van der Waals surface area contributed by atoms with E-state index in [2.05, 4.69) is 17.2 Å². The molecule has 1 aromatic carbocycles. The molecule has 0 bridgehead atoms. The highest BCUT2D eigenvalue weighted by Gasteiger charge is 2.26. The Morgan fingerprint density at radius 2 is 1.83 bits per heavy atom. The molecule has 2 rings (SSSR count). The van der Waals surface area contributed by atoms with Crippen molar-refractivity contribution in [3.05, 3.63) is 30.9 Å². The van der Waals surface area contributed by atoms with Crippen LogP contribution in [0.2, 0.25) is 0 Å². The van der Waals surface area contributed by atoms with Gasteiger partial charge in [0.2, 0.25) is 11.8 Å². The molecule has 1 fully saturated rings. The fraction of sp³-hybridized carbons (Fsp3) is 0.476. The van der Waals surface area contributed by atoms with Gasteiger partial charge in [0.15, 0.2) is 0 Å². The molecule has 0 radical (unpaired) electrons. The van der Waals surface area contributed by atoms with Gasteiger partial charge in [-0.15, -0.1) is 0 Å². The van der Waals surface area contributed by atoms with Gasteiger partial charge in [-0.05, 0) is 57.9 Å². The van der Waals surface area contributed by atoms with Crippen molar-refractivity contribution in [2.24, 2.45) is 5.92 Å². The molecule has 158 valence electrons. The van der Waals surface area contributed by atoms with E-state index in [1.54, 1.807) is 43.9 Å². The summed E-state index contributed by atoms with van der Waals surface area (Å²) >= 11 is 0. The van der Waals surface area contributed by atoms with Crippen LogP contribution in [0.4, 0.5) is 16.2 Å². The minimum Gasteiger partial charge on any atom is -0.495 e. The first-order valence-corrected chi connectivity index (χ1v) is 9.53. The lowest BCUT2D eigenvalue weighted by molar-refractivity contribution is -0.130. The second-order valence-corrected chi connectivity index (χ2v) is 7.83. The number of ether oxygens (including phenoxy) is 2. The lowest BCUT2D eigenvalue weighted by Crippen LogP contribution is -2.40. The Balaban J connectivity index is 2.02. The average molecular weight is 403 g/mol. The molecule has 0 atom stereocenters. The first-order chi connectivity index (χ1) is 13.6. The lowest BCUT2D eigenvalue weighted by Gasteiger charge is -2.30. The van der Waals surface area contributed by atoms with Crippen LogP contribution in [0, 0.1) is 5.92 Å². The Hall–Kier alpha value is -3.03. The van der Waals surface area contributed by atoms with Crippen LogP contribution in [0.25, 0.3) is 0 Å². The Morgan fingerprint density at radius 1 is 1.17 bits per heavy atom. The zero-order valence-corrected chi connectivity index (χ0v) is 17.4. The van der Waals surface area contributed by atoms with E-state index in [9.17, 15) is 14.4 Å². The predicted molar refractivity (Wildman–Crippen MR) is 111 cm³/mol. The van der Waals surface area contributed by atoms with Crippen LogP contribution in [0.15, 0.2) is 30.9 Å². The minimum absolute atomic E-state index is 0.114. The van der Waals surface area contributed by atoms with Gasteiger partial charge in [0, 0.05) is 24.7 Å². The van der Waals surface area contributed by atoms with Gasteiger partial charge in [-0.25, -0.2) is 4.79 Å². The molecule has 1 aliphatic rings. The molecule has 0 aromatic heterocycles. The number of nitrogens with zero attached hydrogens (tertiary/aromatic N) is 1. The third kappa shape index (κ3) is 6.51. The number of piperidine rings is 1. The van der Waals surface area contributed by atoms with E-state index in [-0.39, 0.29) is 17.7 Å². The summed E-state index contributed by atoms with van der Waals surface area (Å²) in [7, 11) is 1.49. The highest BCUT2D eigenvalue weighted by atomic mass is 16.6. The van der Waals surface area contributed by atoms with E-state index < -0.39 is 11.7 Å². The number of hydrogen-bond donors (Lipinski definition) is 2.